The Morgan fingerprint density at radius 1 is 1.21 bits per heavy atom. The SMILES string of the molecule is CCCCc1cnc(-c2ccc(OC)cc2)c(N2CCC(OC)(C(=O)O)CC2)n1. The van der Waals surface area contributed by atoms with Crippen molar-refractivity contribution in [2.75, 3.05) is 32.2 Å². The Bertz CT molecular complexity index is 830. The first-order valence-corrected chi connectivity index (χ1v) is 10.1. The molecule has 0 aliphatic carbocycles. The van der Waals surface area contributed by atoms with Crippen LogP contribution in [0.4, 0.5) is 5.82 Å². The zero-order valence-electron chi connectivity index (χ0n) is 17.4. The van der Waals surface area contributed by atoms with Crippen molar-refractivity contribution >= 4 is 11.8 Å². The van der Waals surface area contributed by atoms with Crippen LogP contribution in [0.25, 0.3) is 11.3 Å². The third-order valence-electron chi connectivity index (χ3n) is 5.61. The first kappa shape index (κ1) is 21.0. The molecule has 2 heterocycles. The molecule has 2 aromatic rings. The molecule has 0 atom stereocenters. The van der Waals surface area contributed by atoms with E-state index in [-0.39, 0.29) is 0 Å². The van der Waals surface area contributed by atoms with Crippen LogP contribution in [0.2, 0.25) is 0 Å². The number of benzene rings is 1. The van der Waals surface area contributed by atoms with Crippen LogP contribution in [0.3, 0.4) is 0 Å². The number of ether oxygens (including phenoxy) is 2. The van der Waals surface area contributed by atoms with Crippen LogP contribution in [-0.2, 0) is 16.0 Å². The maximum atomic E-state index is 11.7. The van der Waals surface area contributed by atoms with Crippen LogP contribution in [0, 0.1) is 0 Å². The second kappa shape index (κ2) is 9.22. The maximum absolute atomic E-state index is 11.7. The molecule has 7 nitrogen and oxygen atoms in total. The Morgan fingerprint density at radius 3 is 2.45 bits per heavy atom. The molecule has 0 spiro atoms. The molecule has 3 rings (SSSR count). The van der Waals surface area contributed by atoms with Gasteiger partial charge in [0.05, 0.1) is 12.8 Å². The van der Waals surface area contributed by atoms with Crippen molar-refractivity contribution in [1.29, 1.82) is 0 Å². The number of hydrogen-bond donors (Lipinski definition) is 1. The maximum Gasteiger partial charge on any atom is 0.336 e. The smallest absolute Gasteiger partial charge is 0.336 e. The predicted octanol–water partition coefficient (Wildman–Crippen LogP) is 3.56. The standard InChI is InChI=1S/C22H29N3O4/c1-4-5-6-17-15-23-19(16-7-9-18(28-2)10-8-16)20(24-17)25-13-11-22(29-3,12-14-25)21(26)27/h7-10,15H,4-6,11-14H2,1-3H3,(H,26,27). The fourth-order valence-electron chi connectivity index (χ4n) is 3.65. The fourth-order valence-corrected chi connectivity index (χ4v) is 3.65. The number of aliphatic carboxylic acids is 1. The van der Waals surface area contributed by atoms with Gasteiger partial charge >= 0.3 is 5.97 Å². The van der Waals surface area contributed by atoms with Crippen LogP contribution in [-0.4, -0.2) is 54.0 Å². The first-order chi connectivity index (χ1) is 14.0. The van der Waals surface area contributed by atoms with E-state index in [4.69, 9.17) is 19.4 Å². The molecule has 7 heteroatoms. The van der Waals surface area contributed by atoms with Gasteiger partial charge in [0.1, 0.15) is 11.4 Å². The Hall–Kier alpha value is -2.67. The molecule has 0 unspecified atom stereocenters. The van der Waals surface area contributed by atoms with Crippen LogP contribution in [0.15, 0.2) is 30.5 Å². The summed E-state index contributed by atoms with van der Waals surface area (Å²) >= 11 is 0. The van der Waals surface area contributed by atoms with E-state index in [1.807, 2.05) is 30.5 Å². The Kier molecular flexibility index (Phi) is 6.69. The lowest BCUT2D eigenvalue weighted by Crippen LogP contribution is -2.51. The Labute approximate surface area is 171 Å². The molecule has 0 saturated carbocycles. The lowest BCUT2D eigenvalue weighted by molar-refractivity contribution is -0.164. The van der Waals surface area contributed by atoms with Gasteiger partial charge in [-0.15, -0.1) is 0 Å². The van der Waals surface area contributed by atoms with E-state index < -0.39 is 11.6 Å². The van der Waals surface area contributed by atoms with Gasteiger partial charge in [0.25, 0.3) is 0 Å². The summed E-state index contributed by atoms with van der Waals surface area (Å²) in [6, 6.07) is 7.75. The van der Waals surface area contributed by atoms with Gasteiger partial charge in [0.15, 0.2) is 11.4 Å². The van der Waals surface area contributed by atoms with Gasteiger partial charge in [0.2, 0.25) is 0 Å². The second-order valence-corrected chi connectivity index (χ2v) is 7.36. The normalized spacial score (nSPS) is 15.9. The van der Waals surface area contributed by atoms with Gasteiger partial charge in [-0.1, -0.05) is 13.3 Å². The lowest BCUT2D eigenvalue weighted by Gasteiger charge is -2.38. The minimum atomic E-state index is -1.12. The van der Waals surface area contributed by atoms with Gasteiger partial charge in [-0.3, -0.25) is 4.98 Å². The van der Waals surface area contributed by atoms with E-state index in [0.717, 1.165) is 47.8 Å². The van der Waals surface area contributed by atoms with E-state index in [1.165, 1.54) is 7.11 Å². The molecule has 0 bridgehead atoms. The zero-order valence-corrected chi connectivity index (χ0v) is 17.4. The highest BCUT2D eigenvalue weighted by atomic mass is 16.5. The van der Waals surface area contributed by atoms with Gasteiger partial charge < -0.3 is 19.5 Å². The molecule has 29 heavy (non-hydrogen) atoms. The van der Waals surface area contributed by atoms with E-state index in [2.05, 4.69) is 11.8 Å². The van der Waals surface area contributed by atoms with Crippen LogP contribution < -0.4 is 9.64 Å². The lowest BCUT2D eigenvalue weighted by atomic mass is 9.91. The third kappa shape index (κ3) is 4.50. The van der Waals surface area contributed by atoms with Gasteiger partial charge in [-0.25, -0.2) is 9.78 Å². The summed E-state index contributed by atoms with van der Waals surface area (Å²) in [5.41, 5.74) is 1.59. The van der Waals surface area contributed by atoms with Gasteiger partial charge in [-0.05, 0) is 37.1 Å². The van der Waals surface area contributed by atoms with Crippen molar-refractivity contribution in [2.45, 2.75) is 44.6 Å². The van der Waals surface area contributed by atoms with E-state index in [0.29, 0.717) is 25.9 Å². The van der Waals surface area contributed by atoms with Gasteiger partial charge in [0, 0.05) is 44.8 Å². The van der Waals surface area contributed by atoms with Crippen LogP contribution >= 0.6 is 0 Å². The average molecular weight is 399 g/mol. The number of carboxylic acids is 1. The molecule has 1 fully saturated rings. The number of aryl methyl sites for hydroxylation is 1. The molecule has 1 N–H and O–H groups in total. The number of carboxylic acid groups (broad SMARTS) is 1. The average Bonchev–Trinajstić information content (AvgIpc) is 2.77. The summed E-state index contributed by atoms with van der Waals surface area (Å²) in [5, 5.41) is 9.59. The summed E-state index contributed by atoms with van der Waals surface area (Å²) in [5.74, 6) is 0.684. The fraction of sp³-hybridized carbons (Fsp3) is 0.500. The quantitative estimate of drug-likeness (QED) is 0.726. The van der Waals surface area contributed by atoms with Gasteiger partial charge in [-0.2, -0.15) is 0 Å². The minimum Gasteiger partial charge on any atom is -0.497 e. The van der Waals surface area contributed by atoms with Crippen molar-refractivity contribution in [3.63, 3.8) is 0 Å². The highest BCUT2D eigenvalue weighted by molar-refractivity contribution is 5.78. The number of anilines is 1. The summed E-state index contributed by atoms with van der Waals surface area (Å²) < 4.78 is 10.6. The number of methoxy groups -OCH3 is 2. The van der Waals surface area contributed by atoms with Crippen molar-refractivity contribution in [3.05, 3.63) is 36.2 Å². The largest absolute Gasteiger partial charge is 0.497 e. The number of rotatable bonds is 8. The van der Waals surface area contributed by atoms with Crippen molar-refractivity contribution in [1.82, 2.24) is 9.97 Å². The Morgan fingerprint density at radius 2 is 1.90 bits per heavy atom. The Balaban J connectivity index is 1.93. The zero-order chi connectivity index (χ0) is 20.9. The molecule has 1 aromatic heterocycles. The summed E-state index contributed by atoms with van der Waals surface area (Å²) in [6.07, 6.45) is 5.69. The summed E-state index contributed by atoms with van der Waals surface area (Å²) in [6.45, 7) is 3.26. The molecule has 156 valence electrons. The highest BCUT2D eigenvalue weighted by Crippen LogP contribution is 2.34. The van der Waals surface area contributed by atoms with E-state index in [9.17, 15) is 9.90 Å². The second-order valence-electron chi connectivity index (χ2n) is 7.36. The molecule has 1 aliphatic heterocycles. The molecule has 1 aliphatic rings. The molecular weight excluding hydrogens is 370 g/mol. The molecule has 1 aromatic carbocycles. The van der Waals surface area contributed by atoms with E-state index >= 15 is 0 Å². The van der Waals surface area contributed by atoms with E-state index in [1.54, 1.807) is 7.11 Å². The summed E-state index contributed by atoms with van der Waals surface area (Å²) in [7, 11) is 3.11. The third-order valence-corrected chi connectivity index (χ3v) is 5.61. The summed E-state index contributed by atoms with van der Waals surface area (Å²) in [4.78, 5) is 23.5. The molecule has 0 amide bonds. The molecule has 1 saturated heterocycles. The highest BCUT2D eigenvalue weighted by Gasteiger charge is 2.42. The van der Waals surface area contributed by atoms with Crippen LogP contribution in [0.5, 0.6) is 5.75 Å². The number of carbonyl (C=O) groups is 1. The number of aromatic nitrogens is 2. The molecular formula is C22H29N3O4. The predicted molar refractivity (Wildman–Crippen MR) is 111 cm³/mol. The van der Waals surface area contributed by atoms with Crippen molar-refractivity contribution in [2.24, 2.45) is 0 Å². The number of nitrogens with zero attached hydrogens (tertiary/aromatic N) is 3. The van der Waals surface area contributed by atoms with Crippen molar-refractivity contribution < 1.29 is 19.4 Å². The first-order valence-electron chi connectivity index (χ1n) is 10.1. The monoisotopic (exact) mass is 399 g/mol. The molecule has 0 radical (unpaired) electrons. The topological polar surface area (TPSA) is 84.8 Å². The number of unbranched alkanes of at least 4 members (excludes halogenated alkanes) is 1. The van der Waals surface area contributed by atoms with Crippen LogP contribution in [0.1, 0.15) is 38.3 Å². The number of hydrogen-bond acceptors (Lipinski definition) is 6. The number of piperidine rings is 1. The van der Waals surface area contributed by atoms with Crippen molar-refractivity contribution in [3.8, 4) is 17.0 Å². The minimum absolute atomic E-state index is 0.405.